The Hall–Kier alpha value is -1.06. The van der Waals surface area contributed by atoms with Gasteiger partial charge >= 0.3 is 11.9 Å². The van der Waals surface area contributed by atoms with Gasteiger partial charge in [-0.05, 0) is 25.7 Å². The third-order valence-corrected chi connectivity index (χ3v) is 6.03. The monoisotopic (exact) mass is 454 g/mol. The largest absolute Gasteiger partial charge is 0.466 e. The van der Waals surface area contributed by atoms with Crippen LogP contribution in [0.15, 0.2) is 0 Å². The van der Waals surface area contributed by atoms with E-state index in [0.29, 0.717) is 26.1 Å². The summed E-state index contributed by atoms with van der Waals surface area (Å²) in [6.45, 7) is 5.51. The standard InChI is InChI=1S/C28H54O4/c1-3-5-19-23-27(29)31-25-21-17-15-13-11-9-7-8-10-12-14-16-18-22-26-32-28(30)24-20-6-4-2/h3-26H2,1-2H3. The highest BCUT2D eigenvalue weighted by molar-refractivity contribution is 5.69. The van der Waals surface area contributed by atoms with E-state index in [4.69, 9.17) is 9.47 Å². The van der Waals surface area contributed by atoms with E-state index in [9.17, 15) is 9.59 Å². The summed E-state index contributed by atoms with van der Waals surface area (Å²) in [6, 6.07) is 0. The topological polar surface area (TPSA) is 52.6 Å². The average molecular weight is 455 g/mol. The number of ether oxygens (including phenoxy) is 2. The van der Waals surface area contributed by atoms with E-state index in [-0.39, 0.29) is 11.9 Å². The molecule has 0 spiro atoms. The van der Waals surface area contributed by atoms with Crippen molar-refractivity contribution in [2.45, 2.75) is 155 Å². The zero-order chi connectivity index (χ0) is 23.5. The van der Waals surface area contributed by atoms with Gasteiger partial charge in [-0.15, -0.1) is 0 Å². The van der Waals surface area contributed by atoms with Crippen molar-refractivity contribution in [3.8, 4) is 0 Å². The minimum atomic E-state index is -0.0166. The molecule has 32 heavy (non-hydrogen) atoms. The maximum atomic E-state index is 11.5. The third-order valence-electron chi connectivity index (χ3n) is 6.03. The van der Waals surface area contributed by atoms with Gasteiger partial charge in [0.15, 0.2) is 0 Å². The first kappa shape index (κ1) is 30.9. The second-order valence-corrected chi connectivity index (χ2v) is 9.30. The average Bonchev–Trinajstić information content (AvgIpc) is 2.78. The van der Waals surface area contributed by atoms with Crippen molar-refractivity contribution >= 4 is 11.9 Å². The van der Waals surface area contributed by atoms with Crippen LogP contribution < -0.4 is 0 Å². The molecule has 0 amide bonds. The summed E-state index contributed by atoms with van der Waals surface area (Å²) in [4.78, 5) is 23.0. The van der Waals surface area contributed by atoms with Crippen molar-refractivity contribution in [3.05, 3.63) is 0 Å². The third kappa shape index (κ3) is 25.2. The summed E-state index contributed by atoms with van der Waals surface area (Å²) < 4.78 is 10.5. The van der Waals surface area contributed by atoms with Crippen LogP contribution in [-0.4, -0.2) is 25.2 Å². The number of hydrogen-bond acceptors (Lipinski definition) is 4. The molecule has 0 aliphatic carbocycles. The fourth-order valence-corrected chi connectivity index (χ4v) is 3.88. The Balaban J connectivity index is 3.13. The molecule has 0 atom stereocenters. The van der Waals surface area contributed by atoms with Crippen LogP contribution in [-0.2, 0) is 19.1 Å². The molecule has 190 valence electrons. The zero-order valence-electron chi connectivity index (χ0n) is 21.6. The van der Waals surface area contributed by atoms with Gasteiger partial charge in [0.25, 0.3) is 0 Å². The highest BCUT2D eigenvalue weighted by Crippen LogP contribution is 2.13. The highest BCUT2D eigenvalue weighted by Gasteiger charge is 2.02. The van der Waals surface area contributed by atoms with Gasteiger partial charge in [-0.3, -0.25) is 9.59 Å². The lowest BCUT2D eigenvalue weighted by atomic mass is 10.0. The summed E-state index contributed by atoms with van der Waals surface area (Å²) in [7, 11) is 0. The Bertz CT molecular complexity index is 370. The zero-order valence-corrected chi connectivity index (χ0v) is 21.6. The van der Waals surface area contributed by atoms with Crippen LogP contribution in [0.4, 0.5) is 0 Å². The van der Waals surface area contributed by atoms with Crippen LogP contribution >= 0.6 is 0 Å². The summed E-state index contributed by atoms with van der Waals surface area (Å²) in [5, 5.41) is 0. The van der Waals surface area contributed by atoms with Crippen molar-refractivity contribution in [1.82, 2.24) is 0 Å². The number of hydrogen-bond donors (Lipinski definition) is 0. The van der Waals surface area contributed by atoms with Gasteiger partial charge < -0.3 is 9.47 Å². The fourth-order valence-electron chi connectivity index (χ4n) is 3.88. The van der Waals surface area contributed by atoms with Crippen molar-refractivity contribution in [2.24, 2.45) is 0 Å². The first-order chi connectivity index (χ1) is 15.7. The Kier molecular flexibility index (Phi) is 25.3. The van der Waals surface area contributed by atoms with Crippen molar-refractivity contribution in [3.63, 3.8) is 0 Å². The molecule has 0 N–H and O–H groups in total. The predicted octanol–water partition coefficient (Wildman–Crippen LogP) is 8.69. The SMILES string of the molecule is CCCCCC(=O)OCCCCCCCCCCCCCCCCOC(=O)CCCCC. The second kappa shape index (κ2) is 26.2. The van der Waals surface area contributed by atoms with E-state index in [0.717, 1.165) is 51.4 Å². The van der Waals surface area contributed by atoms with Crippen molar-refractivity contribution < 1.29 is 19.1 Å². The molecule has 0 heterocycles. The van der Waals surface area contributed by atoms with Crippen LogP contribution in [0.1, 0.15) is 155 Å². The van der Waals surface area contributed by atoms with Crippen LogP contribution in [0.3, 0.4) is 0 Å². The lowest BCUT2D eigenvalue weighted by Gasteiger charge is -2.05. The lowest BCUT2D eigenvalue weighted by Crippen LogP contribution is -2.05. The van der Waals surface area contributed by atoms with E-state index in [2.05, 4.69) is 13.8 Å². The van der Waals surface area contributed by atoms with Gasteiger partial charge in [0.2, 0.25) is 0 Å². The summed E-state index contributed by atoms with van der Waals surface area (Å²) in [5.41, 5.74) is 0. The molecule has 0 rings (SSSR count). The second-order valence-electron chi connectivity index (χ2n) is 9.30. The van der Waals surface area contributed by atoms with Crippen molar-refractivity contribution in [2.75, 3.05) is 13.2 Å². The van der Waals surface area contributed by atoms with E-state index < -0.39 is 0 Å². The number of rotatable bonds is 25. The van der Waals surface area contributed by atoms with Gasteiger partial charge in [0.1, 0.15) is 0 Å². The number of carbonyl (C=O) groups is 2. The van der Waals surface area contributed by atoms with Crippen LogP contribution in [0.25, 0.3) is 0 Å². The van der Waals surface area contributed by atoms with Gasteiger partial charge in [-0.25, -0.2) is 0 Å². The van der Waals surface area contributed by atoms with Gasteiger partial charge in [0, 0.05) is 12.8 Å². The van der Waals surface area contributed by atoms with Crippen LogP contribution in [0, 0.1) is 0 Å². The molecule has 0 radical (unpaired) electrons. The molecule has 4 heteroatoms. The van der Waals surface area contributed by atoms with Gasteiger partial charge in [-0.2, -0.15) is 0 Å². The molecule has 0 aliphatic rings. The molecule has 0 saturated carbocycles. The maximum Gasteiger partial charge on any atom is 0.305 e. The van der Waals surface area contributed by atoms with Gasteiger partial charge in [-0.1, -0.05) is 117 Å². The van der Waals surface area contributed by atoms with Crippen LogP contribution in [0.5, 0.6) is 0 Å². The molecule has 0 fully saturated rings. The fraction of sp³-hybridized carbons (Fsp3) is 0.929. The summed E-state index contributed by atoms with van der Waals surface area (Å²) in [5.74, 6) is -0.0331. The van der Waals surface area contributed by atoms with E-state index in [1.165, 1.54) is 77.0 Å². The molecular formula is C28H54O4. The quantitative estimate of drug-likeness (QED) is 0.102. The first-order valence-corrected chi connectivity index (χ1v) is 14.0. The lowest BCUT2D eigenvalue weighted by molar-refractivity contribution is -0.144. The smallest absolute Gasteiger partial charge is 0.305 e. The Labute approximate surface area is 199 Å². The number of esters is 2. The van der Waals surface area contributed by atoms with E-state index >= 15 is 0 Å². The number of carbonyl (C=O) groups excluding carboxylic acids is 2. The molecule has 0 aromatic heterocycles. The highest BCUT2D eigenvalue weighted by atomic mass is 16.5. The summed E-state index contributed by atoms with van der Waals surface area (Å²) >= 11 is 0. The molecule has 0 aliphatic heterocycles. The van der Waals surface area contributed by atoms with Crippen LogP contribution in [0.2, 0.25) is 0 Å². The summed E-state index contributed by atoms with van der Waals surface area (Å²) in [6.07, 6.45) is 25.3. The van der Waals surface area contributed by atoms with Crippen molar-refractivity contribution in [1.29, 1.82) is 0 Å². The minimum absolute atomic E-state index is 0.0166. The molecule has 0 saturated heterocycles. The van der Waals surface area contributed by atoms with Gasteiger partial charge in [0.05, 0.1) is 13.2 Å². The Morgan fingerprint density at radius 1 is 0.406 bits per heavy atom. The maximum absolute atomic E-state index is 11.5. The Morgan fingerprint density at radius 2 is 0.688 bits per heavy atom. The number of unbranched alkanes of at least 4 members (excludes halogenated alkanes) is 17. The predicted molar refractivity (Wildman–Crippen MR) is 135 cm³/mol. The van der Waals surface area contributed by atoms with E-state index in [1.807, 2.05) is 0 Å². The molecule has 0 aromatic rings. The first-order valence-electron chi connectivity index (χ1n) is 14.0. The Morgan fingerprint density at radius 3 is 0.969 bits per heavy atom. The molecule has 4 nitrogen and oxygen atoms in total. The normalized spacial score (nSPS) is 10.9. The molecule has 0 bridgehead atoms. The van der Waals surface area contributed by atoms with E-state index in [1.54, 1.807) is 0 Å². The molecule has 0 unspecified atom stereocenters. The minimum Gasteiger partial charge on any atom is -0.466 e. The molecule has 0 aromatic carbocycles. The molecular weight excluding hydrogens is 400 g/mol.